The van der Waals surface area contributed by atoms with E-state index in [-0.39, 0.29) is 36.1 Å². The van der Waals surface area contributed by atoms with Gasteiger partial charge < -0.3 is 20.7 Å². The van der Waals surface area contributed by atoms with Gasteiger partial charge in [-0.15, -0.1) is 17.5 Å². The molecule has 1 aliphatic heterocycles. The second-order valence-corrected chi connectivity index (χ2v) is 10.2. The highest BCUT2D eigenvalue weighted by molar-refractivity contribution is 5.86. The zero-order valence-electron chi connectivity index (χ0n) is 23.5. The monoisotopic (exact) mass is 592 g/mol. The Kier molecular flexibility index (Phi) is 10.3. The van der Waals surface area contributed by atoms with Gasteiger partial charge in [0.25, 0.3) is 0 Å². The summed E-state index contributed by atoms with van der Waals surface area (Å²) in [4.78, 5) is 23.6. The van der Waals surface area contributed by atoms with Crippen LogP contribution in [0.2, 0.25) is 0 Å². The van der Waals surface area contributed by atoms with E-state index in [1.165, 1.54) is 13.0 Å². The van der Waals surface area contributed by atoms with Crippen LogP contribution >= 0.6 is 12.4 Å². The summed E-state index contributed by atoms with van der Waals surface area (Å²) >= 11 is 0. The van der Waals surface area contributed by atoms with Crippen molar-refractivity contribution in [2.45, 2.75) is 44.9 Å². The minimum atomic E-state index is -0.435. The van der Waals surface area contributed by atoms with Crippen molar-refractivity contribution in [3.63, 3.8) is 0 Å². The number of rotatable bonds is 11. The molecule has 5 rings (SSSR count). The van der Waals surface area contributed by atoms with E-state index in [2.05, 4.69) is 26.3 Å². The van der Waals surface area contributed by atoms with E-state index in [9.17, 15) is 9.59 Å². The smallest absolute Gasteiger partial charge is 0.227 e. The summed E-state index contributed by atoms with van der Waals surface area (Å²) in [6.45, 7) is 3.63. The number of aromatic nitrogens is 3. The Morgan fingerprint density at radius 2 is 1.81 bits per heavy atom. The third-order valence-electron chi connectivity index (χ3n) is 7.17. The summed E-state index contributed by atoms with van der Waals surface area (Å²) < 4.78 is 22.1. The Hall–Kier alpha value is -4.28. The molecular weight excluding hydrogens is 559 g/mol. The van der Waals surface area contributed by atoms with Gasteiger partial charge in [-0.2, -0.15) is 0 Å². The third kappa shape index (κ3) is 7.71. The van der Waals surface area contributed by atoms with Crippen LogP contribution in [0, 0.1) is 5.82 Å². The van der Waals surface area contributed by atoms with Crippen LogP contribution in [0.5, 0.6) is 5.75 Å². The van der Waals surface area contributed by atoms with Gasteiger partial charge in [0.15, 0.2) is 0 Å². The fourth-order valence-electron chi connectivity index (χ4n) is 4.98. The number of nitrogens with zero attached hydrogens (tertiary/aromatic N) is 3. The maximum absolute atomic E-state index is 15.1. The SMILES string of the molecule is COc1ccc(Cn2cc(CNCc3ccc(-c4ccc(C5C[C@@H](CNC(C)=O)NC5=O)cc4F)cc3)nn2)cc1.Cl. The Bertz CT molecular complexity index is 1510. The van der Waals surface area contributed by atoms with E-state index in [1.54, 1.807) is 23.9 Å². The lowest BCUT2D eigenvalue weighted by Gasteiger charge is -2.12. The zero-order chi connectivity index (χ0) is 28.8. The van der Waals surface area contributed by atoms with Crippen LogP contribution in [-0.4, -0.2) is 46.5 Å². The first-order valence-electron chi connectivity index (χ1n) is 13.5. The van der Waals surface area contributed by atoms with Crippen LogP contribution in [0.4, 0.5) is 4.39 Å². The molecule has 1 aliphatic rings. The zero-order valence-corrected chi connectivity index (χ0v) is 24.3. The minimum absolute atomic E-state index is 0. The van der Waals surface area contributed by atoms with Gasteiger partial charge in [0.2, 0.25) is 11.8 Å². The number of benzene rings is 3. The normalized spacial score (nSPS) is 16.0. The molecular formula is C31H34ClFN6O3. The van der Waals surface area contributed by atoms with Gasteiger partial charge in [0.05, 0.1) is 31.5 Å². The van der Waals surface area contributed by atoms with Crippen LogP contribution < -0.4 is 20.7 Å². The first-order valence-corrected chi connectivity index (χ1v) is 13.5. The molecule has 0 bridgehead atoms. The Labute approximate surface area is 250 Å². The number of carbonyl (C=O) groups is 2. The summed E-state index contributed by atoms with van der Waals surface area (Å²) in [5, 5.41) is 17.4. The Morgan fingerprint density at radius 3 is 2.50 bits per heavy atom. The maximum Gasteiger partial charge on any atom is 0.227 e. The highest BCUT2D eigenvalue weighted by Gasteiger charge is 2.33. The average molecular weight is 593 g/mol. The molecule has 2 atom stereocenters. The molecule has 0 saturated carbocycles. The highest BCUT2D eigenvalue weighted by atomic mass is 35.5. The van der Waals surface area contributed by atoms with Crippen molar-refractivity contribution in [2.75, 3.05) is 13.7 Å². The standard InChI is InChI=1S/C31H33FN6O3.ClH/c1-20(39)34-17-25-14-29(31(40)35-25)24-9-12-28(30(32)13-24)23-7-3-21(4-8-23)15-33-16-26-19-38(37-36-26)18-22-5-10-27(41-2)11-6-22;/h3-13,19,25,29,33H,14-18H2,1-2H3,(H,34,39)(H,35,40);1H/t25-,29?;/m0./s1. The van der Waals surface area contributed by atoms with Gasteiger partial charge in [-0.1, -0.05) is 53.7 Å². The van der Waals surface area contributed by atoms with E-state index < -0.39 is 5.92 Å². The van der Waals surface area contributed by atoms with Crippen molar-refractivity contribution in [2.24, 2.45) is 0 Å². The van der Waals surface area contributed by atoms with E-state index in [1.807, 2.05) is 54.7 Å². The van der Waals surface area contributed by atoms with Crippen LogP contribution in [0.25, 0.3) is 11.1 Å². The molecule has 1 fully saturated rings. The number of hydrogen-bond acceptors (Lipinski definition) is 6. The van der Waals surface area contributed by atoms with E-state index in [4.69, 9.17) is 4.74 Å². The first-order chi connectivity index (χ1) is 19.9. The molecule has 220 valence electrons. The Balaban J connectivity index is 0.00000405. The first kappa shape index (κ1) is 30.7. The fraction of sp³-hybridized carbons (Fsp3) is 0.290. The molecule has 11 heteroatoms. The van der Waals surface area contributed by atoms with Gasteiger partial charge in [0.1, 0.15) is 11.6 Å². The number of ether oxygens (including phenoxy) is 1. The number of halogens is 2. The second-order valence-electron chi connectivity index (χ2n) is 10.2. The predicted molar refractivity (Wildman–Crippen MR) is 160 cm³/mol. The Morgan fingerprint density at radius 1 is 1.07 bits per heavy atom. The number of methoxy groups -OCH3 is 1. The fourth-order valence-corrected chi connectivity index (χ4v) is 4.98. The van der Waals surface area contributed by atoms with Gasteiger partial charge in [-0.25, -0.2) is 9.07 Å². The molecule has 42 heavy (non-hydrogen) atoms. The van der Waals surface area contributed by atoms with Crippen LogP contribution in [0.3, 0.4) is 0 Å². The summed E-state index contributed by atoms with van der Waals surface area (Å²) in [6.07, 6.45) is 2.43. The van der Waals surface area contributed by atoms with Crippen molar-refractivity contribution in [1.29, 1.82) is 0 Å². The summed E-state index contributed by atoms with van der Waals surface area (Å²) in [7, 11) is 1.65. The van der Waals surface area contributed by atoms with Crippen molar-refractivity contribution < 1.29 is 18.7 Å². The van der Waals surface area contributed by atoms with E-state index >= 15 is 4.39 Å². The van der Waals surface area contributed by atoms with E-state index in [0.29, 0.717) is 43.7 Å². The quantitative estimate of drug-likeness (QED) is 0.243. The summed E-state index contributed by atoms with van der Waals surface area (Å²) in [6, 6.07) is 20.4. The van der Waals surface area contributed by atoms with E-state index in [0.717, 1.165) is 28.1 Å². The van der Waals surface area contributed by atoms with Gasteiger partial charge >= 0.3 is 0 Å². The molecule has 1 saturated heterocycles. The molecule has 9 nitrogen and oxygen atoms in total. The number of hydrogen-bond donors (Lipinski definition) is 3. The van der Waals surface area contributed by atoms with Gasteiger partial charge in [-0.3, -0.25) is 9.59 Å². The number of amides is 2. The second kappa shape index (κ2) is 14.1. The molecule has 0 radical (unpaired) electrons. The molecule has 2 amide bonds. The molecule has 3 N–H and O–H groups in total. The molecule has 1 unspecified atom stereocenters. The average Bonchev–Trinajstić information content (AvgIpc) is 3.58. The molecule has 1 aromatic heterocycles. The lowest BCUT2D eigenvalue weighted by atomic mass is 9.93. The van der Waals surface area contributed by atoms with Crippen LogP contribution in [0.1, 0.15) is 41.6 Å². The summed E-state index contributed by atoms with van der Waals surface area (Å²) in [5.74, 6) is -0.285. The molecule has 3 aromatic carbocycles. The lowest BCUT2D eigenvalue weighted by molar-refractivity contribution is -0.121. The predicted octanol–water partition coefficient (Wildman–Crippen LogP) is 3.96. The lowest BCUT2D eigenvalue weighted by Crippen LogP contribution is -2.37. The minimum Gasteiger partial charge on any atom is -0.497 e. The summed E-state index contributed by atoms with van der Waals surface area (Å²) in [5.41, 5.74) is 4.89. The van der Waals surface area contributed by atoms with Gasteiger partial charge in [-0.05, 0) is 46.9 Å². The topological polar surface area (TPSA) is 110 Å². The van der Waals surface area contributed by atoms with Crippen molar-refractivity contribution in [3.8, 4) is 16.9 Å². The molecule has 0 aliphatic carbocycles. The molecule has 0 spiro atoms. The number of carbonyl (C=O) groups excluding carboxylic acids is 2. The van der Waals surface area contributed by atoms with Gasteiger partial charge in [0, 0.05) is 38.2 Å². The van der Waals surface area contributed by atoms with Crippen LogP contribution in [0.15, 0.2) is 72.9 Å². The highest BCUT2D eigenvalue weighted by Crippen LogP contribution is 2.31. The third-order valence-corrected chi connectivity index (χ3v) is 7.17. The molecule has 4 aromatic rings. The van der Waals surface area contributed by atoms with Crippen molar-refractivity contribution in [1.82, 2.24) is 30.9 Å². The number of nitrogens with one attached hydrogen (secondary N) is 3. The largest absolute Gasteiger partial charge is 0.497 e. The van der Waals surface area contributed by atoms with Crippen molar-refractivity contribution in [3.05, 3.63) is 101 Å². The maximum atomic E-state index is 15.1. The van der Waals surface area contributed by atoms with Crippen LogP contribution in [-0.2, 0) is 29.2 Å². The van der Waals surface area contributed by atoms with Crippen molar-refractivity contribution >= 4 is 24.2 Å². The molecule has 2 heterocycles.